The Balaban J connectivity index is 1.87. The van der Waals surface area contributed by atoms with Gasteiger partial charge in [0, 0.05) is 43.9 Å². The lowest BCUT2D eigenvalue weighted by Crippen LogP contribution is -2.18. The molecule has 0 aliphatic heterocycles. The molecule has 182 valence electrons. The highest BCUT2D eigenvalue weighted by molar-refractivity contribution is 7.90. The second-order valence-corrected chi connectivity index (χ2v) is 10.1. The van der Waals surface area contributed by atoms with Crippen molar-refractivity contribution >= 4 is 32.2 Å². The number of carbonyl (C=O) groups excluding carboxylic acids is 1. The van der Waals surface area contributed by atoms with Crippen molar-refractivity contribution in [1.82, 2.24) is 4.98 Å². The first-order chi connectivity index (χ1) is 16.2. The molecule has 0 saturated heterocycles. The standard InChI is InChI=1S/C23H26N2O7S2/c1-5-21(30-3)32-19-11-15(22(26)25-23-24-16(13-29-2)14-33-23)10-18(12-19)31-17-6-8-20(9-7-17)34(4,27)28/h6-12,14,21H,5,13H2,1-4H3,(H,24,25,26). The van der Waals surface area contributed by atoms with Crippen LogP contribution in [-0.2, 0) is 25.9 Å². The molecule has 1 unspecified atom stereocenters. The Morgan fingerprint density at radius 1 is 1.09 bits per heavy atom. The van der Waals surface area contributed by atoms with E-state index in [1.54, 1.807) is 42.8 Å². The Morgan fingerprint density at radius 3 is 2.41 bits per heavy atom. The summed E-state index contributed by atoms with van der Waals surface area (Å²) >= 11 is 1.29. The Bertz CT molecular complexity index is 1220. The van der Waals surface area contributed by atoms with Crippen LogP contribution in [0.5, 0.6) is 17.2 Å². The fourth-order valence-corrected chi connectivity index (χ4v) is 4.24. The fraction of sp³-hybridized carbons (Fsp3) is 0.304. The second-order valence-electron chi connectivity index (χ2n) is 7.26. The number of hydrogen-bond donors (Lipinski definition) is 1. The Hall–Kier alpha value is -2.99. The summed E-state index contributed by atoms with van der Waals surface area (Å²) in [6, 6.07) is 10.8. The number of anilines is 1. The van der Waals surface area contributed by atoms with Crippen molar-refractivity contribution in [1.29, 1.82) is 0 Å². The van der Waals surface area contributed by atoms with Crippen LogP contribution in [0.4, 0.5) is 5.13 Å². The SMILES string of the molecule is CCC(OC)Oc1cc(Oc2ccc(S(C)(=O)=O)cc2)cc(C(=O)Nc2nc(COC)cs2)c1. The Labute approximate surface area is 202 Å². The molecule has 0 bridgehead atoms. The van der Waals surface area contributed by atoms with Crippen LogP contribution in [0.15, 0.2) is 52.7 Å². The third-order valence-electron chi connectivity index (χ3n) is 4.56. The Kier molecular flexibility index (Phi) is 8.61. The molecule has 1 N–H and O–H groups in total. The number of benzene rings is 2. The number of ether oxygens (including phenoxy) is 4. The topological polar surface area (TPSA) is 113 Å². The van der Waals surface area contributed by atoms with E-state index in [-0.39, 0.29) is 10.5 Å². The van der Waals surface area contributed by atoms with Crippen LogP contribution in [0.3, 0.4) is 0 Å². The molecule has 34 heavy (non-hydrogen) atoms. The summed E-state index contributed by atoms with van der Waals surface area (Å²) in [5.41, 5.74) is 1.00. The number of nitrogens with zero attached hydrogens (tertiary/aromatic N) is 1. The van der Waals surface area contributed by atoms with Crippen molar-refractivity contribution in [2.75, 3.05) is 25.8 Å². The van der Waals surface area contributed by atoms with Crippen LogP contribution in [0.25, 0.3) is 0 Å². The van der Waals surface area contributed by atoms with Gasteiger partial charge in [-0.15, -0.1) is 11.3 Å². The highest BCUT2D eigenvalue weighted by atomic mass is 32.2. The molecule has 0 radical (unpaired) electrons. The van der Waals surface area contributed by atoms with E-state index in [4.69, 9.17) is 18.9 Å². The van der Waals surface area contributed by atoms with E-state index in [0.29, 0.717) is 41.1 Å². The normalized spacial score (nSPS) is 12.2. The van der Waals surface area contributed by atoms with E-state index in [0.717, 1.165) is 6.26 Å². The van der Waals surface area contributed by atoms with E-state index >= 15 is 0 Å². The van der Waals surface area contributed by atoms with Crippen LogP contribution >= 0.6 is 11.3 Å². The number of hydrogen-bond acceptors (Lipinski definition) is 9. The van der Waals surface area contributed by atoms with Gasteiger partial charge in [0.1, 0.15) is 17.2 Å². The molecule has 0 aliphatic rings. The summed E-state index contributed by atoms with van der Waals surface area (Å²) in [6.45, 7) is 2.26. The summed E-state index contributed by atoms with van der Waals surface area (Å²) < 4.78 is 45.5. The van der Waals surface area contributed by atoms with E-state index in [1.807, 2.05) is 6.92 Å². The molecule has 1 amide bonds. The van der Waals surface area contributed by atoms with Gasteiger partial charge in [-0.3, -0.25) is 10.1 Å². The molecular weight excluding hydrogens is 480 g/mol. The highest BCUT2D eigenvalue weighted by Gasteiger charge is 2.16. The van der Waals surface area contributed by atoms with Crippen molar-refractivity contribution < 1.29 is 32.2 Å². The van der Waals surface area contributed by atoms with E-state index < -0.39 is 22.0 Å². The molecule has 9 nitrogen and oxygen atoms in total. The smallest absolute Gasteiger partial charge is 0.257 e. The first kappa shape index (κ1) is 25.6. The molecule has 2 aromatic carbocycles. The maximum absolute atomic E-state index is 12.9. The average molecular weight is 507 g/mol. The maximum Gasteiger partial charge on any atom is 0.257 e. The molecule has 3 aromatic rings. The van der Waals surface area contributed by atoms with E-state index in [2.05, 4.69) is 10.3 Å². The van der Waals surface area contributed by atoms with Gasteiger partial charge in [-0.05, 0) is 36.4 Å². The zero-order chi connectivity index (χ0) is 24.7. The number of amides is 1. The van der Waals surface area contributed by atoms with Crippen LogP contribution in [0.2, 0.25) is 0 Å². The fourth-order valence-electron chi connectivity index (χ4n) is 2.92. The van der Waals surface area contributed by atoms with Gasteiger partial charge in [0.15, 0.2) is 21.3 Å². The molecule has 3 rings (SSSR count). The predicted molar refractivity (Wildman–Crippen MR) is 129 cm³/mol. The molecule has 0 spiro atoms. The molecule has 1 heterocycles. The molecule has 1 aromatic heterocycles. The largest absolute Gasteiger partial charge is 0.465 e. The number of sulfone groups is 1. The van der Waals surface area contributed by atoms with E-state index in [9.17, 15) is 13.2 Å². The van der Waals surface area contributed by atoms with Crippen LogP contribution < -0.4 is 14.8 Å². The number of nitrogens with one attached hydrogen (secondary N) is 1. The monoisotopic (exact) mass is 506 g/mol. The van der Waals surface area contributed by atoms with Crippen molar-refractivity contribution in [2.45, 2.75) is 31.1 Å². The molecular formula is C23H26N2O7S2. The van der Waals surface area contributed by atoms with Crippen LogP contribution in [0.1, 0.15) is 29.4 Å². The minimum absolute atomic E-state index is 0.180. The van der Waals surface area contributed by atoms with Gasteiger partial charge in [0.25, 0.3) is 5.91 Å². The zero-order valence-corrected chi connectivity index (χ0v) is 20.9. The first-order valence-corrected chi connectivity index (χ1v) is 13.1. The quantitative estimate of drug-likeness (QED) is 0.378. The van der Waals surface area contributed by atoms with Crippen molar-refractivity contribution in [3.05, 3.63) is 59.1 Å². The first-order valence-electron chi connectivity index (χ1n) is 10.3. The lowest BCUT2D eigenvalue weighted by Gasteiger charge is -2.17. The van der Waals surface area contributed by atoms with Crippen molar-refractivity contribution in [3.8, 4) is 17.2 Å². The molecule has 0 aliphatic carbocycles. The van der Waals surface area contributed by atoms with Crippen LogP contribution in [0, 0.1) is 0 Å². The van der Waals surface area contributed by atoms with Gasteiger partial charge < -0.3 is 18.9 Å². The Morgan fingerprint density at radius 2 is 1.79 bits per heavy atom. The summed E-state index contributed by atoms with van der Waals surface area (Å²) in [6.07, 6.45) is 1.22. The minimum atomic E-state index is -3.32. The predicted octanol–water partition coefficient (Wildman–Crippen LogP) is 4.50. The van der Waals surface area contributed by atoms with Crippen molar-refractivity contribution in [3.63, 3.8) is 0 Å². The van der Waals surface area contributed by atoms with Crippen molar-refractivity contribution in [2.24, 2.45) is 0 Å². The lowest BCUT2D eigenvalue weighted by molar-refractivity contribution is -0.0549. The number of thiazole rings is 1. The molecule has 1 atom stereocenters. The third-order valence-corrected chi connectivity index (χ3v) is 6.49. The number of carbonyl (C=O) groups is 1. The third kappa shape index (κ3) is 7.00. The highest BCUT2D eigenvalue weighted by Crippen LogP contribution is 2.30. The average Bonchev–Trinajstić information content (AvgIpc) is 3.24. The maximum atomic E-state index is 12.9. The van der Waals surface area contributed by atoms with E-state index in [1.165, 1.54) is 30.6 Å². The molecule has 0 fully saturated rings. The summed E-state index contributed by atoms with van der Waals surface area (Å²) in [4.78, 5) is 17.4. The molecule has 11 heteroatoms. The van der Waals surface area contributed by atoms with Gasteiger partial charge in [0.2, 0.25) is 0 Å². The second kappa shape index (κ2) is 11.4. The van der Waals surface area contributed by atoms with Gasteiger partial charge in [-0.2, -0.15) is 0 Å². The van der Waals surface area contributed by atoms with Crippen LogP contribution in [-0.4, -0.2) is 46.1 Å². The zero-order valence-electron chi connectivity index (χ0n) is 19.2. The van der Waals surface area contributed by atoms with Gasteiger partial charge in [-0.1, -0.05) is 6.92 Å². The number of aromatic nitrogens is 1. The van der Waals surface area contributed by atoms with Gasteiger partial charge in [-0.25, -0.2) is 13.4 Å². The summed E-state index contributed by atoms with van der Waals surface area (Å²) in [7, 11) is -0.218. The van der Waals surface area contributed by atoms with Gasteiger partial charge >= 0.3 is 0 Å². The van der Waals surface area contributed by atoms with Gasteiger partial charge in [0.05, 0.1) is 17.2 Å². The number of methoxy groups -OCH3 is 2. The number of rotatable bonds is 11. The summed E-state index contributed by atoms with van der Waals surface area (Å²) in [5.74, 6) is 0.716. The summed E-state index contributed by atoms with van der Waals surface area (Å²) in [5, 5.41) is 5.00. The lowest BCUT2D eigenvalue weighted by atomic mass is 10.2. The minimum Gasteiger partial charge on any atom is -0.465 e. The molecule has 0 saturated carbocycles.